The minimum absolute atomic E-state index is 0.0574. The van der Waals surface area contributed by atoms with Crippen molar-refractivity contribution in [1.29, 1.82) is 0 Å². The molecule has 0 saturated heterocycles. The van der Waals surface area contributed by atoms with E-state index in [9.17, 15) is 26.4 Å². The van der Waals surface area contributed by atoms with Gasteiger partial charge in [-0.1, -0.05) is 30.4 Å². The van der Waals surface area contributed by atoms with Crippen LogP contribution in [0.4, 0.5) is 13.2 Å². The second-order valence-electron chi connectivity index (χ2n) is 7.40. The second-order valence-corrected chi connectivity index (χ2v) is 10.4. The lowest BCUT2D eigenvalue weighted by Crippen LogP contribution is -2.25. The quantitative estimate of drug-likeness (QED) is 0.399. The van der Waals surface area contributed by atoms with Crippen molar-refractivity contribution in [2.24, 2.45) is 0 Å². The number of ether oxygens (including phenoxy) is 1. The minimum atomic E-state index is -4.73. The number of halogens is 3. The Morgan fingerprint density at radius 2 is 1.91 bits per heavy atom. The van der Waals surface area contributed by atoms with Crippen LogP contribution in [-0.4, -0.2) is 72.3 Å². The van der Waals surface area contributed by atoms with Gasteiger partial charge in [-0.15, -0.1) is 10.2 Å². The van der Waals surface area contributed by atoms with Crippen LogP contribution in [0.25, 0.3) is 21.3 Å². The smallest absolute Gasteiger partial charge is 0.435 e. The number of alkyl halides is 3. The summed E-state index contributed by atoms with van der Waals surface area (Å²) in [6.07, 6.45) is -3.67. The molecule has 0 atom stereocenters. The molecule has 0 aliphatic rings. The first-order valence-corrected chi connectivity index (χ1v) is 12.7. The van der Waals surface area contributed by atoms with E-state index < -0.39 is 34.2 Å². The molecule has 14 heteroatoms. The van der Waals surface area contributed by atoms with Crippen LogP contribution in [0.3, 0.4) is 0 Å². The zero-order chi connectivity index (χ0) is 25.1. The first-order valence-electron chi connectivity index (χ1n) is 10.0. The molecule has 2 heterocycles. The normalized spacial score (nSPS) is 12.3. The summed E-state index contributed by atoms with van der Waals surface area (Å²) in [5, 5.41) is 11.8. The highest BCUT2D eigenvalue weighted by molar-refractivity contribution is 7.90. The molecule has 0 aliphatic heterocycles. The first kappa shape index (κ1) is 25.8. The van der Waals surface area contributed by atoms with Gasteiger partial charge in [-0.25, -0.2) is 8.42 Å². The summed E-state index contributed by atoms with van der Waals surface area (Å²) in [7, 11) is -1.62. The molecule has 1 aromatic carbocycles. The molecule has 0 fully saturated rings. The van der Waals surface area contributed by atoms with Gasteiger partial charge in [-0.3, -0.25) is 9.48 Å². The minimum Gasteiger partial charge on any atom is -0.463 e. The van der Waals surface area contributed by atoms with Gasteiger partial charge in [0.1, 0.15) is 23.9 Å². The van der Waals surface area contributed by atoms with Gasteiger partial charge in [0, 0.05) is 18.4 Å². The van der Waals surface area contributed by atoms with Crippen LogP contribution in [0, 0.1) is 0 Å². The number of likely N-dealkylation sites (N-methyl/N-ethyl adjacent to an activating group) is 1. The summed E-state index contributed by atoms with van der Waals surface area (Å²) in [6.45, 7) is 2.71. The molecule has 0 unspecified atom stereocenters. The molecular weight excluding hydrogens is 495 g/mol. The fourth-order valence-electron chi connectivity index (χ4n) is 2.79. The highest BCUT2D eigenvalue weighted by atomic mass is 32.2. The van der Waals surface area contributed by atoms with Crippen LogP contribution < -0.4 is 0 Å². The number of aromatic nitrogens is 4. The third-order valence-corrected chi connectivity index (χ3v) is 6.88. The molecule has 34 heavy (non-hydrogen) atoms. The van der Waals surface area contributed by atoms with E-state index in [1.807, 2.05) is 18.9 Å². The molecule has 0 radical (unpaired) electrons. The topological polar surface area (TPSA) is 107 Å². The van der Waals surface area contributed by atoms with E-state index in [1.165, 1.54) is 18.2 Å². The van der Waals surface area contributed by atoms with Crippen molar-refractivity contribution in [3.63, 3.8) is 0 Å². The number of hydrogen-bond acceptors (Lipinski definition) is 9. The zero-order valence-electron chi connectivity index (χ0n) is 18.5. The maximum absolute atomic E-state index is 13.3. The summed E-state index contributed by atoms with van der Waals surface area (Å²) >= 11 is 0.944. The lowest BCUT2D eigenvalue weighted by Gasteiger charge is -2.13. The highest BCUT2D eigenvalue weighted by Gasteiger charge is 2.36. The molecule has 3 rings (SSSR count). The summed E-state index contributed by atoms with van der Waals surface area (Å²) < 4.78 is 69.5. The number of carbonyl (C=O) groups excluding carboxylic acids is 1. The van der Waals surface area contributed by atoms with E-state index in [0.717, 1.165) is 34.9 Å². The van der Waals surface area contributed by atoms with Gasteiger partial charge in [0.25, 0.3) is 0 Å². The highest BCUT2D eigenvalue weighted by Crippen LogP contribution is 2.35. The van der Waals surface area contributed by atoms with E-state index >= 15 is 0 Å². The van der Waals surface area contributed by atoms with Crippen molar-refractivity contribution < 1.29 is 31.1 Å². The van der Waals surface area contributed by atoms with Crippen LogP contribution >= 0.6 is 11.3 Å². The van der Waals surface area contributed by atoms with E-state index in [0.29, 0.717) is 17.1 Å². The van der Waals surface area contributed by atoms with Crippen molar-refractivity contribution in [3.05, 3.63) is 36.0 Å². The summed E-state index contributed by atoms with van der Waals surface area (Å²) in [4.78, 5) is 14.2. The Balaban J connectivity index is 1.89. The molecule has 0 spiro atoms. The number of hydrogen-bond donors (Lipinski definition) is 0. The number of benzene rings is 1. The molecule has 184 valence electrons. The first-order chi connectivity index (χ1) is 15.9. The lowest BCUT2D eigenvalue weighted by molar-refractivity contribution is -0.146. The fourth-order valence-corrected chi connectivity index (χ4v) is 4.32. The summed E-state index contributed by atoms with van der Waals surface area (Å²) in [5.41, 5.74) is -0.803. The van der Waals surface area contributed by atoms with Crippen LogP contribution in [0.1, 0.15) is 12.6 Å². The van der Waals surface area contributed by atoms with Gasteiger partial charge in [-0.05, 0) is 31.8 Å². The van der Waals surface area contributed by atoms with Gasteiger partial charge in [0.05, 0.1) is 4.90 Å². The van der Waals surface area contributed by atoms with Gasteiger partial charge in [0.15, 0.2) is 20.5 Å². The molecule has 9 nitrogen and oxygen atoms in total. The number of sulfone groups is 1. The second kappa shape index (κ2) is 10.2. The van der Waals surface area contributed by atoms with Crippen molar-refractivity contribution in [2.45, 2.75) is 24.5 Å². The zero-order valence-corrected chi connectivity index (χ0v) is 20.2. The number of rotatable bonds is 9. The van der Waals surface area contributed by atoms with Gasteiger partial charge in [-0.2, -0.15) is 18.3 Å². The Hall–Kier alpha value is -2.84. The molecule has 0 bridgehead atoms. The average Bonchev–Trinajstić information content (AvgIpc) is 3.40. The SMILES string of the molecule is CCN(C)CCOC(=O)Cn1nc(C(F)(F)F)cc1-c1nnc(-c2cccc(S(C)(=O)=O)c2)s1. The molecule has 0 N–H and O–H groups in total. The number of carbonyl (C=O) groups is 1. The number of esters is 1. The largest absolute Gasteiger partial charge is 0.463 e. The Kier molecular flexibility index (Phi) is 7.73. The Labute approximate surface area is 198 Å². The van der Waals surface area contributed by atoms with Gasteiger partial charge in [0.2, 0.25) is 0 Å². The van der Waals surface area contributed by atoms with Gasteiger partial charge < -0.3 is 9.64 Å². The van der Waals surface area contributed by atoms with Crippen LogP contribution in [0.5, 0.6) is 0 Å². The third-order valence-electron chi connectivity index (χ3n) is 4.78. The molecule has 3 aromatic rings. The Bertz CT molecular complexity index is 1270. The standard InChI is InChI=1S/C20H22F3N5O4S2/c1-4-27(2)8-9-32-17(29)12-28-15(11-16(26-28)20(21,22)23)19-25-24-18(33-19)13-6-5-7-14(10-13)34(3,30)31/h5-7,10-11H,4,8-9,12H2,1-3H3. The molecule has 2 aromatic heterocycles. The van der Waals surface area contributed by atoms with Crippen LogP contribution in [-0.2, 0) is 32.1 Å². The number of nitrogens with zero attached hydrogens (tertiary/aromatic N) is 5. The molecule has 0 amide bonds. The van der Waals surface area contributed by atoms with Crippen molar-refractivity contribution in [3.8, 4) is 21.3 Å². The van der Waals surface area contributed by atoms with Crippen LogP contribution in [0.2, 0.25) is 0 Å². The van der Waals surface area contributed by atoms with E-state index in [1.54, 1.807) is 6.07 Å². The van der Waals surface area contributed by atoms with Crippen LogP contribution in [0.15, 0.2) is 35.2 Å². The Morgan fingerprint density at radius 1 is 1.21 bits per heavy atom. The summed E-state index contributed by atoms with van der Waals surface area (Å²) in [6, 6.07) is 6.76. The maximum Gasteiger partial charge on any atom is 0.435 e. The van der Waals surface area contributed by atoms with Crippen molar-refractivity contribution >= 4 is 27.1 Å². The predicted molar refractivity (Wildman–Crippen MR) is 119 cm³/mol. The van der Waals surface area contributed by atoms with E-state index in [4.69, 9.17) is 4.74 Å². The molecule has 0 aliphatic carbocycles. The van der Waals surface area contributed by atoms with Crippen molar-refractivity contribution in [1.82, 2.24) is 24.9 Å². The predicted octanol–water partition coefficient (Wildman–Crippen LogP) is 2.99. The lowest BCUT2D eigenvalue weighted by atomic mass is 10.2. The monoisotopic (exact) mass is 517 g/mol. The average molecular weight is 518 g/mol. The van der Waals surface area contributed by atoms with Crippen molar-refractivity contribution in [2.75, 3.05) is 33.0 Å². The van der Waals surface area contributed by atoms with E-state index in [-0.39, 0.29) is 22.2 Å². The maximum atomic E-state index is 13.3. The van der Waals surface area contributed by atoms with E-state index in [2.05, 4.69) is 15.3 Å². The summed E-state index contributed by atoms with van der Waals surface area (Å²) in [5.74, 6) is -0.742. The fraction of sp³-hybridized carbons (Fsp3) is 0.400. The Morgan fingerprint density at radius 3 is 2.56 bits per heavy atom. The molecular formula is C20H22F3N5O4S2. The molecule has 0 saturated carbocycles. The van der Waals surface area contributed by atoms with Gasteiger partial charge >= 0.3 is 12.1 Å². The third kappa shape index (κ3) is 6.39.